The molecule has 0 saturated carbocycles. The number of halogens is 1. The Morgan fingerprint density at radius 2 is 1.75 bits per heavy atom. The summed E-state index contributed by atoms with van der Waals surface area (Å²) >= 11 is 0. The van der Waals surface area contributed by atoms with Crippen molar-refractivity contribution in [3.8, 4) is 0 Å². The Balaban J connectivity index is 1.82. The van der Waals surface area contributed by atoms with Crippen LogP contribution in [0.2, 0.25) is 0 Å². The van der Waals surface area contributed by atoms with Gasteiger partial charge < -0.3 is 4.74 Å². The molecule has 3 heteroatoms. The Kier molecular flexibility index (Phi) is 3.33. The van der Waals surface area contributed by atoms with E-state index < -0.39 is 0 Å². The highest BCUT2D eigenvalue weighted by molar-refractivity contribution is 5.95. The molecule has 1 heterocycles. The van der Waals surface area contributed by atoms with Crippen molar-refractivity contribution in [3.63, 3.8) is 0 Å². The molecule has 20 heavy (non-hydrogen) atoms. The first kappa shape index (κ1) is 12.6. The van der Waals surface area contributed by atoms with Gasteiger partial charge in [-0.05, 0) is 29.3 Å². The highest BCUT2D eigenvalue weighted by Crippen LogP contribution is 2.33. The molecule has 100 valence electrons. The third-order valence-electron chi connectivity index (χ3n) is 3.30. The zero-order valence-corrected chi connectivity index (χ0v) is 10.8. The highest BCUT2D eigenvalue weighted by atomic mass is 19.1. The van der Waals surface area contributed by atoms with E-state index in [1.54, 1.807) is 18.2 Å². The van der Waals surface area contributed by atoms with E-state index in [9.17, 15) is 9.18 Å². The van der Waals surface area contributed by atoms with Gasteiger partial charge in [-0.1, -0.05) is 42.5 Å². The molecule has 1 unspecified atom stereocenters. The summed E-state index contributed by atoms with van der Waals surface area (Å²) < 4.78 is 18.2. The van der Waals surface area contributed by atoms with Crippen LogP contribution in [0.15, 0.2) is 60.2 Å². The van der Waals surface area contributed by atoms with Crippen LogP contribution in [0.4, 0.5) is 4.39 Å². The molecule has 0 amide bonds. The van der Waals surface area contributed by atoms with E-state index in [2.05, 4.69) is 0 Å². The van der Waals surface area contributed by atoms with Gasteiger partial charge >= 0.3 is 5.97 Å². The van der Waals surface area contributed by atoms with E-state index >= 15 is 0 Å². The average molecular weight is 268 g/mol. The lowest BCUT2D eigenvalue weighted by atomic mass is 10.0. The van der Waals surface area contributed by atoms with Crippen LogP contribution in [0, 0.1) is 5.82 Å². The Morgan fingerprint density at radius 3 is 2.45 bits per heavy atom. The van der Waals surface area contributed by atoms with Crippen molar-refractivity contribution in [3.05, 3.63) is 77.1 Å². The number of esters is 1. The number of hydrogen-bond donors (Lipinski definition) is 0. The third kappa shape index (κ3) is 2.62. The Morgan fingerprint density at radius 1 is 1.05 bits per heavy atom. The number of carbonyl (C=O) groups excluding carboxylic acids is 1. The SMILES string of the molecule is O=C1OC(c2ccccc2)C/C1=C\c1ccc(F)cc1. The molecule has 0 radical (unpaired) electrons. The summed E-state index contributed by atoms with van der Waals surface area (Å²) in [7, 11) is 0. The van der Waals surface area contributed by atoms with Crippen molar-refractivity contribution in [1.82, 2.24) is 0 Å². The number of ether oxygens (including phenoxy) is 1. The highest BCUT2D eigenvalue weighted by Gasteiger charge is 2.29. The Hall–Kier alpha value is -2.42. The number of rotatable bonds is 2. The lowest BCUT2D eigenvalue weighted by Gasteiger charge is -2.07. The maximum atomic E-state index is 12.8. The molecule has 0 spiro atoms. The number of carbonyl (C=O) groups is 1. The van der Waals surface area contributed by atoms with Crippen molar-refractivity contribution in [2.24, 2.45) is 0 Å². The van der Waals surface area contributed by atoms with Crippen LogP contribution < -0.4 is 0 Å². The van der Waals surface area contributed by atoms with Crippen LogP contribution in [0.3, 0.4) is 0 Å². The van der Waals surface area contributed by atoms with Gasteiger partial charge in [0.2, 0.25) is 0 Å². The number of hydrogen-bond acceptors (Lipinski definition) is 2. The maximum absolute atomic E-state index is 12.8. The first-order valence-electron chi connectivity index (χ1n) is 6.44. The van der Waals surface area contributed by atoms with Gasteiger partial charge in [0.15, 0.2) is 0 Å². The van der Waals surface area contributed by atoms with Gasteiger partial charge in [0.25, 0.3) is 0 Å². The first-order valence-corrected chi connectivity index (χ1v) is 6.44. The molecule has 0 bridgehead atoms. The lowest BCUT2D eigenvalue weighted by molar-refractivity contribution is -0.139. The van der Waals surface area contributed by atoms with Gasteiger partial charge in [0.1, 0.15) is 11.9 Å². The molecular weight excluding hydrogens is 255 g/mol. The molecule has 3 rings (SSSR count). The second-order valence-corrected chi connectivity index (χ2v) is 4.73. The molecule has 1 aliphatic rings. The van der Waals surface area contributed by atoms with E-state index in [4.69, 9.17) is 4.74 Å². The summed E-state index contributed by atoms with van der Waals surface area (Å²) in [5, 5.41) is 0. The average Bonchev–Trinajstić information content (AvgIpc) is 2.84. The lowest BCUT2D eigenvalue weighted by Crippen LogP contribution is -1.98. The minimum Gasteiger partial charge on any atom is -0.454 e. The van der Waals surface area contributed by atoms with E-state index in [0.29, 0.717) is 12.0 Å². The van der Waals surface area contributed by atoms with Crippen LogP contribution in [-0.2, 0) is 9.53 Å². The normalized spacial score (nSPS) is 20.1. The van der Waals surface area contributed by atoms with Gasteiger partial charge in [-0.15, -0.1) is 0 Å². The Labute approximate surface area is 116 Å². The fourth-order valence-electron chi connectivity index (χ4n) is 2.26. The predicted octanol–water partition coefficient (Wildman–Crippen LogP) is 3.90. The molecule has 1 atom stereocenters. The van der Waals surface area contributed by atoms with Crippen molar-refractivity contribution >= 4 is 12.0 Å². The monoisotopic (exact) mass is 268 g/mol. The predicted molar refractivity (Wildman–Crippen MR) is 74.3 cm³/mol. The van der Waals surface area contributed by atoms with Crippen LogP contribution in [-0.4, -0.2) is 5.97 Å². The Bertz CT molecular complexity index is 644. The first-order chi connectivity index (χ1) is 9.72. The van der Waals surface area contributed by atoms with Gasteiger partial charge in [-0.3, -0.25) is 0 Å². The minimum absolute atomic E-state index is 0.226. The van der Waals surface area contributed by atoms with E-state index in [-0.39, 0.29) is 17.9 Å². The van der Waals surface area contributed by atoms with Crippen LogP contribution >= 0.6 is 0 Å². The molecule has 1 fully saturated rings. The molecule has 1 aliphatic heterocycles. The smallest absolute Gasteiger partial charge is 0.334 e. The molecule has 2 aromatic carbocycles. The van der Waals surface area contributed by atoms with Gasteiger partial charge in [-0.25, -0.2) is 9.18 Å². The summed E-state index contributed by atoms with van der Waals surface area (Å²) in [4.78, 5) is 11.9. The molecule has 0 N–H and O–H groups in total. The number of benzene rings is 2. The third-order valence-corrected chi connectivity index (χ3v) is 3.30. The molecule has 0 aliphatic carbocycles. The standard InChI is InChI=1S/C17H13FO2/c18-15-8-6-12(7-9-15)10-14-11-16(20-17(14)19)13-4-2-1-3-5-13/h1-10,16H,11H2/b14-10+. The fourth-order valence-corrected chi connectivity index (χ4v) is 2.26. The molecule has 0 aromatic heterocycles. The summed E-state index contributed by atoms with van der Waals surface area (Å²) in [5.74, 6) is -0.591. The molecule has 2 aromatic rings. The summed E-state index contributed by atoms with van der Waals surface area (Å²) in [5.41, 5.74) is 2.40. The van der Waals surface area contributed by atoms with Crippen LogP contribution in [0.1, 0.15) is 23.7 Å². The minimum atomic E-state index is -0.303. The van der Waals surface area contributed by atoms with Crippen molar-refractivity contribution < 1.29 is 13.9 Å². The number of cyclic esters (lactones) is 1. The molecular formula is C17H13FO2. The maximum Gasteiger partial charge on any atom is 0.334 e. The van der Waals surface area contributed by atoms with Crippen LogP contribution in [0.25, 0.3) is 6.08 Å². The van der Waals surface area contributed by atoms with Crippen LogP contribution in [0.5, 0.6) is 0 Å². The van der Waals surface area contributed by atoms with Gasteiger partial charge in [0, 0.05) is 12.0 Å². The van der Waals surface area contributed by atoms with Gasteiger partial charge in [0.05, 0.1) is 0 Å². The topological polar surface area (TPSA) is 26.3 Å². The second-order valence-electron chi connectivity index (χ2n) is 4.73. The van der Waals surface area contributed by atoms with E-state index in [0.717, 1.165) is 11.1 Å². The quantitative estimate of drug-likeness (QED) is 0.610. The molecule has 1 saturated heterocycles. The molecule has 2 nitrogen and oxygen atoms in total. The fraction of sp³-hybridized carbons (Fsp3) is 0.118. The zero-order chi connectivity index (χ0) is 13.9. The second kappa shape index (κ2) is 5.29. The zero-order valence-electron chi connectivity index (χ0n) is 10.8. The summed E-state index contributed by atoms with van der Waals surface area (Å²) in [6.45, 7) is 0. The van der Waals surface area contributed by atoms with Crippen molar-refractivity contribution in [2.45, 2.75) is 12.5 Å². The summed E-state index contributed by atoms with van der Waals surface area (Å²) in [6, 6.07) is 15.7. The van der Waals surface area contributed by atoms with Gasteiger partial charge in [-0.2, -0.15) is 0 Å². The van der Waals surface area contributed by atoms with Crippen molar-refractivity contribution in [1.29, 1.82) is 0 Å². The van der Waals surface area contributed by atoms with Crippen molar-refractivity contribution in [2.75, 3.05) is 0 Å². The largest absolute Gasteiger partial charge is 0.454 e. The van der Waals surface area contributed by atoms with E-state index in [1.165, 1.54) is 12.1 Å². The van der Waals surface area contributed by atoms with E-state index in [1.807, 2.05) is 30.3 Å². The summed E-state index contributed by atoms with van der Waals surface area (Å²) in [6.07, 6.45) is 2.07.